The molecular weight excluding hydrogens is 218 g/mol. The highest BCUT2D eigenvalue weighted by Crippen LogP contribution is 2.14. The molecule has 0 radical (unpaired) electrons. The first kappa shape index (κ1) is 10.9. The molecule has 0 saturated heterocycles. The van der Waals surface area contributed by atoms with Gasteiger partial charge in [-0.25, -0.2) is 0 Å². The Morgan fingerprint density at radius 2 is 1.94 bits per heavy atom. The minimum Gasteiger partial charge on any atom is -0.399 e. The quantitative estimate of drug-likeness (QED) is 0.649. The van der Waals surface area contributed by atoms with E-state index in [-0.39, 0.29) is 5.78 Å². The number of rotatable bonds is 4. The maximum absolute atomic E-state index is 11.7. The molecule has 0 aliphatic carbocycles. The third-order valence-corrected chi connectivity index (χ3v) is 3.33. The lowest BCUT2D eigenvalue weighted by Gasteiger charge is -2.00. The molecule has 0 atom stereocenters. The van der Waals surface area contributed by atoms with Gasteiger partial charge in [-0.3, -0.25) is 4.79 Å². The van der Waals surface area contributed by atoms with Crippen molar-refractivity contribution in [3.05, 3.63) is 52.2 Å². The number of nitrogen functional groups attached to an aromatic ring is 1. The third kappa shape index (κ3) is 2.70. The number of benzene rings is 1. The number of carbonyl (C=O) groups is 1. The lowest BCUT2D eigenvalue weighted by Crippen LogP contribution is -1.98. The number of thiophene rings is 1. The smallest absolute Gasteiger partial charge is 0.173 e. The monoisotopic (exact) mass is 231 g/mol. The fourth-order valence-electron chi connectivity index (χ4n) is 1.50. The first-order chi connectivity index (χ1) is 7.75. The minimum absolute atomic E-state index is 0.215. The van der Waals surface area contributed by atoms with Gasteiger partial charge in [-0.1, -0.05) is 18.2 Å². The van der Waals surface area contributed by atoms with Crippen molar-refractivity contribution in [1.29, 1.82) is 0 Å². The predicted octanol–water partition coefficient (Wildman–Crippen LogP) is 3.15. The number of anilines is 1. The number of hydrogen-bond acceptors (Lipinski definition) is 3. The molecule has 0 spiro atoms. The Morgan fingerprint density at radius 3 is 2.56 bits per heavy atom. The summed E-state index contributed by atoms with van der Waals surface area (Å²) in [6.07, 6.45) is 1.33. The van der Waals surface area contributed by atoms with Gasteiger partial charge in [-0.2, -0.15) is 0 Å². The van der Waals surface area contributed by atoms with Crippen molar-refractivity contribution in [2.45, 2.75) is 12.8 Å². The third-order valence-electron chi connectivity index (χ3n) is 2.42. The van der Waals surface area contributed by atoms with Crippen LogP contribution in [0.1, 0.15) is 21.7 Å². The second-order valence-electron chi connectivity index (χ2n) is 3.64. The molecule has 0 amide bonds. The number of Topliss-reactive ketones (excluding diaryl/α,β-unsaturated/α-hetero) is 1. The summed E-state index contributed by atoms with van der Waals surface area (Å²) >= 11 is 1.50. The summed E-state index contributed by atoms with van der Waals surface area (Å²) in [5.74, 6) is 0.215. The van der Waals surface area contributed by atoms with Crippen LogP contribution in [0, 0.1) is 0 Å². The van der Waals surface area contributed by atoms with Gasteiger partial charge in [0.25, 0.3) is 0 Å². The van der Waals surface area contributed by atoms with E-state index in [1.54, 1.807) is 0 Å². The van der Waals surface area contributed by atoms with E-state index >= 15 is 0 Å². The largest absolute Gasteiger partial charge is 0.399 e. The van der Waals surface area contributed by atoms with Crippen molar-refractivity contribution >= 4 is 22.8 Å². The van der Waals surface area contributed by atoms with Crippen LogP contribution >= 0.6 is 11.3 Å². The average molecular weight is 231 g/mol. The summed E-state index contributed by atoms with van der Waals surface area (Å²) in [5, 5.41) is 1.93. The summed E-state index contributed by atoms with van der Waals surface area (Å²) in [7, 11) is 0. The van der Waals surface area contributed by atoms with Crippen LogP contribution in [0.15, 0.2) is 41.8 Å². The molecule has 16 heavy (non-hydrogen) atoms. The number of ketones is 1. The van der Waals surface area contributed by atoms with E-state index in [9.17, 15) is 4.79 Å². The number of aryl methyl sites for hydroxylation is 1. The van der Waals surface area contributed by atoms with Gasteiger partial charge in [0.2, 0.25) is 0 Å². The van der Waals surface area contributed by atoms with Gasteiger partial charge >= 0.3 is 0 Å². The van der Waals surface area contributed by atoms with E-state index in [0.29, 0.717) is 6.42 Å². The molecule has 2 rings (SSSR count). The summed E-state index contributed by atoms with van der Waals surface area (Å²) in [6, 6.07) is 11.4. The lowest BCUT2D eigenvalue weighted by molar-refractivity contribution is 0.0987. The van der Waals surface area contributed by atoms with Gasteiger partial charge in [-0.15, -0.1) is 11.3 Å². The van der Waals surface area contributed by atoms with Crippen molar-refractivity contribution < 1.29 is 4.79 Å². The molecule has 1 heterocycles. The van der Waals surface area contributed by atoms with Crippen molar-refractivity contribution in [3.63, 3.8) is 0 Å². The maximum atomic E-state index is 11.7. The van der Waals surface area contributed by atoms with Gasteiger partial charge in [-0.05, 0) is 35.6 Å². The van der Waals surface area contributed by atoms with Crippen LogP contribution < -0.4 is 5.73 Å². The van der Waals surface area contributed by atoms with E-state index < -0.39 is 0 Å². The minimum atomic E-state index is 0.215. The Hall–Kier alpha value is -1.61. The number of nitrogens with two attached hydrogens (primary N) is 1. The van der Waals surface area contributed by atoms with Crippen LogP contribution in [0.25, 0.3) is 0 Å². The maximum Gasteiger partial charge on any atom is 0.173 e. The van der Waals surface area contributed by atoms with E-state index in [2.05, 4.69) is 0 Å². The van der Waals surface area contributed by atoms with E-state index in [4.69, 9.17) is 5.73 Å². The Morgan fingerprint density at radius 1 is 1.19 bits per heavy atom. The number of hydrogen-bond donors (Lipinski definition) is 1. The highest BCUT2D eigenvalue weighted by Gasteiger charge is 2.06. The van der Waals surface area contributed by atoms with Crippen LogP contribution in [0.3, 0.4) is 0 Å². The van der Waals surface area contributed by atoms with E-state index in [1.165, 1.54) is 11.3 Å². The zero-order valence-corrected chi connectivity index (χ0v) is 9.67. The second kappa shape index (κ2) is 4.94. The molecule has 0 unspecified atom stereocenters. The molecule has 0 saturated carbocycles. The average Bonchev–Trinajstić information content (AvgIpc) is 2.81. The Kier molecular flexibility index (Phi) is 3.37. The summed E-state index contributed by atoms with van der Waals surface area (Å²) < 4.78 is 0. The molecule has 3 heteroatoms. The topological polar surface area (TPSA) is 43.1 Å². The van der Waals surface area contributed by atoms with Crippen LogP contribution in [0.2, 0.25) is 0 Å². The summed E-state index contributed by atoms with van der Waals surface area (Å²) in [4.78, 5) is 12.6. The summed E-state index contributed by atoms with van der Waals surface area (Å²) in [6.45, 7) is 0. The zero-order chi connectivity index (χ0) is 11.4. The second-order valence-corrected chi connectivity index (χ2v) is 4.59. The Bertz CT molecular complexity index is 459. The van der Waals surface area contributed by atoms with Gasteiger partial charge in [0.15, 0.2) is 5.78 Å². The van der Waals surface area contributed by atoms with Crippen LogP contribution in [-0.2, 0) is 6.42 Å². The highest BCUT2D eigenvalue weighted by molar-refractivity contribution is 7.12. The van der Waals surface area contributed by atoms with Crippen molar-refractivity contribution in [2.24, 2.45) is 0 Å². The Balaban J connectivity index is 1.93. The van der Waals surface area contributed by atoms with Crippen molar-refractivity contribution in [2.75, 3.05) is 5.73 Å². The molecule has 1 aromatic carbocycles. The standard InChI is InChI=1S/C13H13NOS/c14-11-6-3-10(4-7-11)5-8-12(15)13-2-1-9-16-13/h1-4,6-7,9H,5,8,14H2. The van der Waals surface area contributed by atoms with Crippen LogP contribution in [0.5, 0.6) is 0 Å². The fraction of sp³-hybridized carbons (Fsp3) is 0.154. The van der Waals surface area contributed by atoms with Crippen molar-refractivity contribution in [1.82, 2.24) is 0 Å². The molecule has 1 aromatic heterocycles. The number of carbonyl (C=O) groups excluding carboxylic acids is 1. The normalized spacial score (nSPS) is 10.2. The SMILES string of the molecule is Nc1ccc(CCC(=O)c2cccs2)cc1. The van der Waals surface area contributed by atoms with E-state index in [0.717, 1.165) is 22.5 Å². The predicted molar refractivity (Wildman–Crippen MR) is 67.8 cm³/mol. The van der Waals surface area contributed by atoms with Gasteiger partial charge in [0.05, 0.1) is 4.88 Å². The first-order valence-corrected chi connectivity index (χ1v) is 6.05. The van der Waals surface area contributed by atoms with Crippen molar-refractivity contribution in [3.8, 4) is 0 Å². The van der Waals surface area contributed by atoms with Gasteiger partial charge < -0.3 is 5.73 Å². The molecule has 0 aliphatic rings. The van der Waals surface area contributed by atoms with Gasteiger partial charge in [0.1, 0.15) is 0 Å². The summed E-state index contributed by atoms with van der Waals surface area (Å²) in [5.41, 5.74) is 7.50. The molecule has 0 aliphatic heterocycles. The fourth-order valence-corrected chi connectivity index (χ4v) is 2.20. The molecule has 82 valence electrons. The first-order valence-electron chi connectivity index (χ1n) is 5.17. The molecule has 2 N–H and O–H groups in total. The van der Waals surface area contributed by atoms with Crippen LogP contribution in [0.4, 0.5) is 5.69 Å². The lowest BCUT2D eigenvalue weighted by atomic mass is 10.1. The molecular formula is C13H13NOS. The van der Waals surface area contributed by atoms with Crippen LogP contribution in [-0.4, -0.2) is 5.78 Å². The highest BCUT2D eigenvalue weighted by atomic mass is 32.1. The zero-order valence-electron chi connectivity index (χ0n) is 8.85. The van der Waals surface area contributed by atoms with Gasteiger partial charge in [0, 0.05) is 12.1 Å². The van der Waals surface area contributed by atoms with E-state index in [1.807, 2.05) is 41.8 Å². The Labute approximate surface area is 98.7 Å². The molecule has 0 fully saturated rings. The molecule has 0 bridgehead atoms. The molecule has 2 aromatic rings. The molecule has 2 nitrogen and oxygen atoms in total.